The summed E-state index contributed by atoms with van der Waals surface area (Å²) in [5, 5.41) is 4.23. The van der Waals surface area contributed by atoms with Gasteiger partial charge in [0.2, 0.25) is 5.75 Å². The topological polar surface area (TPSA) is 69.9 Å². The zero-order valence-corrected chi connectivity index (χ0v) is 14.3. The van der Waals surface area contributed by atoms with E-state index >= 15 is 0 Å². The first-order valence-electron chi connectivity index (χ1n) is 7.70. The maximum Gasteiger partial charge on any atom is 0.203 e. The number of carbonyl (C=O) groups is 1. The number of hydrogen-bond acceptors (Lipinski definition) is 6. The van der Waals surface area contributed by atoms with Gasteiger partial charge in [-0.15, -0.1) is 0 Å². The van der Waals surface area contributed by atoms with Gasteiger partial charge in [0.05, 0.1) is 21.3 Å². The molecular formula is C19H19NO5. The summed E-state index contributed by atoms with van der Waals surface area (Å²) in [5.74, 6) is 2.05. The number of benzene rings is 2. The van der Waals surface area contributed by atoms with Crippen LogP contribution in [0.25, 0.3) is 11.0 Å². The van der Waals surface area contributed by atoms with E-state index in [0.717, 1.165) is 16.6 Å². The Bertz CT molecular complexity index is 875. The average Bonchev–Trinajstić information content (AvgIpc) is 3.07. The third kappa shape index (κ3) is 3.38. The summed E-state index contributed by atoms with van der Waals surface area (Å²) in [7, 11) is 4.73. The number of anilines is 1. The second-order valence-electron chi connectivity index (χ2n) is 5.41. The lowest BCUT2D eigenvalue weighted by Gasteiger charge is -2.15. The number of nitrogens with one attached hydrogen (secondary N) is 1. The minimum absolute atomic E-state index is 0.324. The number of furan rings is 1. The Morgan fingerprint density at radius 2 is 1.72 bits per heavy atom. The van der Waals surface area contributed by atoms with Crippen LogP contribution < -0.4 is 19.5 Å². The molecule has 3 aromatic rings. The maximum absolute atomic E-state index is 10.8. The highest BCUT2D eigenvalue weighted by atomic mass is 16.5. The molecule has 0 aliphatic heterocycles. The quantitative estimate of drug-likeness (QED) is 0.658. The van der Waals surface area contributed by atoms with E-state index in [2.05, 4.69) is 5.32 Å². The van der Waals surface area contributed by atoms with Crippen LogP contribution in [-0.4, -0.2) is 27.6 Å². The molecule has 1 N–H and O–H groups in total. The number of ether oxygens (including phenoxy) is 3. The predicted molar refractivity (Wildman–Crippen MR) is 95.0 cm³/mol. The molecule has 0 radical (unpaired) electrons. The van der Waals surface area contributed by atoms with Crippen molar-refractivity contribution in [1.82, 2.24) is 0 Å². The normalized spacial score (nSPS) is 10.5. The van der Waals surface area contributed by atoms with Crippen LogP contribution in [0, 0.1) is 0 Å². The number of rotatable bonds is 7. The molecule has 130 valence electrons. The van der Waals surface area contributed by atoms with E-state index in [1.54, 1.807) is 27.4 Å². The van der Waals surface area contributed by atoms with Gasteiger partial charge in [0, 0.05) is 29.8 Å². The summed E-state index contributed by atoms with van der Waals surface area (Å²) < 4.78 is 21.4. The van der Waals surface area contributed by atoms with Gasteiger partial charge in [-0.25, -0.2) is 0 Å². The first-order chi connectivity index (χ1) is 12.2. The van der Waals surface area contributed by atoms with Gasteiger partial charge in [-0.2, -0.15) is 0 Å². The third-order valence-electron chi connectivity index (χ3n) is 3.88. The average molecular weight is 341 g/mol. The van der Waals surface area contributed by atoms with E-state index in [4.69, 9.17) is 18.6 Å². The van der Waals surface area contributed by atoms with Crippen LogP contribution in [0.3, 0.4) is 0 Å². The zero-order valence-electron chi connectivity index (χ0n) is 14.3. The number of fused-ring (bicyclic) bond motifs is 1. The van der Waals surface area contributed by atoms with Crippen molar-refractivity contribution in [3.8, 4) is 17.2 Å². The number of methoxy groups -OCH3 is 3. The van der Waals surface area contributed by atoms with Crippen LogP contribution in [0.15, 0.2) is 40.8 Å². The molecule has 2 aromatic carbocycles. The van der Waals surface area contributed by atoms with Gasteiger partial charge >= 0.3 is 0 Å². The van der Waals surface area contributed by atoms with Crippen molar-refractivity contribution in [1.29, 1.82) is 0 Å². The molecule has 3 rings (SSSR count). The number of carbonyl (C=O) groups excluding carboxylic acids is 1. The summed E-state index contributed by atoms with van der Waals surface area (Å²) >= 11 is 0. The first-order valence-corrected chi connectivity index (χ1v) is 7.70. The zero-order chi connectivity index (χ0) is 17.8. The molecule has 6 nitrogen and oxygen atoms in total. The van der Waals surface area contributed by atoms with Gasteiger partial charge < -0.3 is 23.9 Å². The molecule has 0 unspecified atom stereocenters. The standard InChI is InChI=1S/C19H19NO5/c1-22-17-8-14(9-18(23-2)19(17)24-3)20-10-12-4-5-16-13(6-12)7-15(11-21)25-16/h4-9,11,20H,10H2,1-3H3. The number of aldehydes is 1. The largest absolute Gasteiger partial charge is 0.493 e. The molecule has 0 aliphatic rings. The van der Waals surface area contributed by atoms with Gasteiger partial charge in [-0.3, -0.25) is 4.79 Å². The highest BCUT2D eigenvalue weighted by molar-refractivity contribution is 5.85. The minimum atomic E-state index is 0.324. The van der Waals surface area contributed by atoms with Gasteiger partial charge in [0.25, 0.3) is 0 Å². The lowest BCUT2D eigenvalue weighted by Crippen LogP contribution is -2.01. The Morgan fingerprint density at radius 1 is 1.00 bits per heavy atom. The van der Waals surface area contributed by atoms with Crippen LogP contribution in [0.5, 0.6) is 17.2 Å². The summed E-state index contributed by atoms with van der Waals surface area (Å²) in [6.07, 6.45) is 0.702. The molecule has 6 heteroatoms. The second kappa shape index (κ2) is 7.17. The predicted octanol–water partition coefficient (Wildman–Crippen LogP) is 3.88. The van der Waals surface area contributed by atoms with Crippen molar-refractivity contribution in [2.75, 3.05) is 26.6 Å². The fourth-order valence-corrected chi connectivity index (χ4v) is 2.67. The molecule has 1 aromatic heterocycles. The van der Waals surface area contributed by atoms with Gasteiger partial charge in [-0.05, 0) is 23.8 Å². The van der Waals surface area contributed by atoms with E-state index < -0.39 is 0 Å². The lowest BCUT2D eigenvalue weighted by atomic mass is 10.1. The van der Waals surface area contributed by atoms with Gasteiger partial charge in [0.1, 0.15) is 5.58 Å². The van der Waals surface area contributed by atoms with Gasteiger partial charge in [0.15, 0.2) is 23.5 Å². The third-order valence-corrected chi connectivity index (χ3v) is 3.88. The smallest absolute Gasteiger partial charge is 0.203 e. The number of hydrogen-bond donors (Lipinski definition) is 1. The highest BCUT2D eigenvalue weighted by Crippen LogP contribution is 2.40. The molecule has 0 spiro atoms. The Kier molecular flexibility index (Phi) is 4.79. The van der Waals surface area contributed by atoms with Crippen LogP contribution in [0.4, 0.5) is 5.69 Å². The Labute approximate surface area is 145 Å². The molecular weight excluding hydrogens is 322 g/mol. The van der Waals surface area contributed by atoms with Crippen molar-refractivity contribution in [3.63, 3.8) is 0 Å². The van der Waals surface area contributed by atoms with Crippen molar-refractivity contribution in [2.45, 2.75) is 6.54 Å². The molecule has 0 bridgehead atoms. The summed E-state index contributed by atoms with van der Waals surface area (Å²) in [6, 6.07) is 11.2. The van der Waals surface area contributed by atoms with Crippen molar-refractivity contribution < 1.29 is 23.4 Å². The van der Waals surface area contributed by atoms with E-state index in [-0.39, 0.29) is 0 Å². The summed E-state index contributed by atoms with van der Waals surface area (Å²) in [5.41, 5.74) is 2.59. The summed E-state index contributed by atoms with van der Waals surface area (Å²) in [4.78, 5) is 10.8. The SMILES string of the molecule is COc1cc(NCc2ccc3oc(C=O)cc3c2)cc(OC)c1OC. The Balaban J connectivity index is 1.82. The molecule has 0 saturated carbocycles. The van der Waals surface area contributed by atoms with Crippen LogP contribution in [0.2, 0.25) is 0 Å². The lowest BCUT2D eigenvalue weighted by molar-refractivity contribution is 0.110. The van der Waals surface area contributed by atoms with E-state index in [9.17, 15) is 4.79 Å². The van der Waals surface area contributed by atoms with Crippen molar-refractivity contribution in [3.05, 3.63) is 47.7 Å². The Morgan fingerprint density at radius 3 is 2.32 bits per heavy atom. The molecule has 0 aliphatic carbocycles. The van der Waals surface area contributed by atoms with E-state index in [1.807, 2.05) is 30.3 Å². The van der Waals surface area contributed by atoms with Gasteiger partial charge in [-0.1, -0.05) is 6.07 Å². The van der Waals surface area contributed by atoms with Crippen LogP contribution >= 0.6 is 0 Å². The highest BCUT2D eigenvalue weighted by Gasteiger charge is 2.13. The second-order valence-corrected chi connectivity index (χ2v) is 5.41. The van der Waals surface area contributed by atoms with Crippen LogP contribution in [0.1, 0.15) is 16.1 Å². The molecule has 1 heterocycles. The minimum Gasteiger partial charge on any atom is -0.493 e. The fraction of sp³-hybridized carbons (Fsp3) is 0.211. The fourth-order valence-electron chi connectivity index (χ4n) is 2.67. The van der Waals surface area contributed by atoms with Crippen LogP contribution in [-0.2, 0) is 6.54 Å². The van der Waals surface area contributed by atoms with E-state index in [1.165, 1.54) is 0 Å². The Hall–Kier alpha value is -3.15. The summed E-state index contributed by atoms with van der Waals surface area (Å²) in [6.45, 7) is 0.593. The molecule has 0 amide bonds. The van der Waals surface area contributed by atoms with Crippen molar-refractivity contribution in [2.24, 2.45) is 0 Å². The van der Waals surface area contributed by atoms with E-state index in [0.29, 0.717) is 41.4 Å². The molecule has 0 atom stereocenters. The maximum atomic E-state index is 10.8. The molecule has 0 fully saturated rings. The first kappa shape index (κ1) is 16.7. The monoisotopic (exact) mass is 341 g/mol. The van der Waals surface area contributed by atoms with Crippen molar-refractivity contribution >= 4 is 22.9 Å². The molecule has 0 saturated heterocycles. The molecule has 25 heavy (non-hydrogen) atoms.